The zero-order valence-corrected chi connectivity index (χ0v) is 6.69. The third kappa shape index (κ3) is 17.8. The molecule has 0 heterocycles. The van der Waals surface area contributed by atoms with Gasteiger partial charge in [-0.25, -0.2) is 9.59 Å². The number of hydrogen-bond acceptors (Lipinski definition) is 3. The van der Waals surface area contributed by atoms with Crippen LogP contribution in [-0.4, -0.2) is 28.2 Å². The van der Waals surface area contributed by atoms with Gasteiger partial charge in [0, 0.05) is 5.57 Å². The molecule has 0 aromatic rings. The van der Waals surface area contributed by atoms with E-state index < -0.39 is 24.4 Å². The van der Waals surface area contributed by atoms with E-state index in [1.54, 1.807) is 0 Å². The topological polar surface area (TPSA) is 144 Å². The summed E-state index contributed by atoms with van der Waals surface area (Å²) in [5, 5.41) is 16.1. The Balaban J connectivity index is 0. The first-order valence-electron chi connectivity index (χ1n) is 2.95. The Kier molecular flexibility index (Phi) is 6.92. The second kappa shape index (κ2) is 6.65. The maximum Gasteiger partial charge on any atom is 0.331 e. The van der Waals surface area contributed by atoms with Crippen molar-refractivity contribution in [1.29, 1.82) is 0 Å². The lowest BCUT2D eigenvalue weighted by Crippen LogP contribution is -2.18. The highest BCUT2D eigenvalue weighted by atomic mass is 16.4. The lowest BCUT2D eigenvalue weighted by Gasteiger charge is -1.91. The van der Waals surface area contributed by atoms with Crippen molar-refractivity contribution >= 4 is 18.0 Å². The van der Waals surface area contributed by atoms with Crippen LogP contribution in [0.15, 0.2) is 12.2 Å². The Labute approximate surface area is 73.6 Å². The summed E-state index contributed by atoms with van der Waals surface area (Å²) < 4.78 is 0. The van der Waals surface area contributed by atoms with Crippen LogP contribution in [0.5, 0.6) is 0 Å². The number of nitrogens with two attached hydrogens (primary N) is 2. The van der Waals surface area contributed by atoms with Crippen LogP contribution in [0.2, 0.25) is 0 Å². The monoisotopic (exact) mass is 190 g/mol. The van der Waals surface area contributed by atoms with Crippen molar-refractivity contribution < 1.29 is 24.6 Å². The van der Waals surface area contributed by atoms with Gasteiger partial charge >= 0.3 is 18.0 Å². The van der Waals surface area contributed by atoms with E-state index in [0.29, 0.717) is 0 Å². The van der Waals surface area contributed by atoms with Crippen LogP contribution in [-0.2, 0) is 9.59 Å². The fourth-order valence-electron chi connectivity index (χ4n) is 0.258. The average molecular weight is 190 g/mol. The quantitative estimate of drug-likeness (QED) is 0.427. The third-order valence-corrected chi connectivity index (χ3v) is 0.667. The molecule has 2 amide bonds. The summed E-state index contributed by atoms with van der Waals surface area (Å²) >= 11 is 0. The van der Waals surface area contributed by atoms with Crippen LogP contribution >= 0.6 is 0 Å². The Bertz CT molecular complexity index is 231. The molecule has 0 rings (SSSR count). The van der Waals surface area contributed by atoms with E-state index >= 15 is 0 Å². The van der Waals surface area contributed by atoms with Gasteiger partial charge in [0.2, 0.25) is 0 Å². The molecule has 0 saturated heterocycles. The summed E-state index contributed by atoms with van der Waals surface area (Å²) in [6.07, 6.45) is -0.505. The van der Waals surface area contributed by atoms with E-state index in [1.165, 1.54) is 0 Å². The standard InChI is InChI=1S/C5H6O4.CH4N2O/c1-3(5(8)9)2-4(6)7;2-1(3)4/h1-2H2,(H,6,7)(H,8,9);(H4,2,3,4). The largest absolute Gasteiger partial charge is 0.481 e. The molecule has 74 valence electrons. The number of urea groups is 1. The van der Waals surface area contributed by atoms with Gasteiger partial charge in [0.05, 0.1) is 6.42 Å². The van der Waals surface area contributed by atoms with Gasteiger partial charge in [-0.15, -0.1) is 0 Å². The summed E-state index contributed by atoms with van der Waals surface area (Å²) in [5.41, 5.74) is 8.20. The van der Waals surface area contributed by atoms with Crippen LogP contribution in [0.25, 0.3) is 0 Å². The predicted molar refractivity (Wildman–Crippen MR) is 42.8 cm³/mol. The summed E-state index contributed by atoms with van der Waals surface area (Å²) in [4.78, 5) is 28.7. The maximum atomic E-state index is 9.87. The van der Waals surface area contributed by atoms with Gasteiger partial charge in [-0.2, -0.15) is 0 Å². The van der Waals surface area contributed by atoms with Gasteiger partial charge in [-0.3, -0.25) is 4.79 Å². The molecule has 0 fully saturated rings. The Hall–Kier alpha value is -2.05. The lowest BCUT2D eigenvalue weighted by molar-refractivity contribution is -0.139. The SMILES string of the molecule is C=C(CC(=O)O)C(=O)O.NC(N)=O. The molecular formula is C6H10N2O5. The molecule has 13 heavy (non-hydrogen) atoms. The fraction of sp³-hybridized carbons (Fsp3) is 0.167. The van der Waals surface area contributed by atoms with Gasteiger partial charge in [0.15, 0.2) is 0 Å². The average Bonchev–Trinajstić information content (AvgIpc) is 1.83. The summed E-state index contributed by atoms with van der Waals surface area (Å²) in [6, 6.07) is -0.833. The van der Waals surface area contributed by atoms with Gasteiger partial charge in [-0.05, 0) is 0 Å². The van der Waals surface area contributed by atoms with E-state index in [0.717, 1.165) is 0 Å². The Morgan fingerprint density at radius 1 is 1.15 bits per heavy atom. The normalized spacial score (nSPS) is 7.69. The first kappa shape index (κ1) is 13.5. The smallest absolute Gasteiger partial charge is 0.331 e. The van der Waals surface area contributed by atoms with Crippen molar-refractivity contribution in [2.75, 3.05) is 0 Å². The first-order chi connectivity index (χ1) is 5.77. The zero-order valence-electron chi connectivity index (χ0n) is 6.69. The molecule has 0 aliphatic rings. The number of carbonyl (C=O) groups excluding carboxylic acids is 1. The second-order valence-corrected chi connectivity index (χ2v) is 1.88. The molecule has 6 N–H and O–H groups in total. The van der Waals surface area contributed by atoms with Crippen LogP contribution in [0.3, 0.4) is 0 Å². The van der Waals surface area contributed by atoms with Gasteiger partial charge in [0.1, 0.15) is 0 Å². The van der Waals surface area contributed by atoms with Crippen molar-refractivity contribution in [3.63, 3.8) is 0 Å². The van der Waals surface area contributed by atoms with Crippen LogP contribution in [0.1, 0.15) is 6.42 Å². The maximum absolute atomic E-state index is 9.87. The lowest BCUT2D eigenvalue weighted by atomic mass is 10.2. The summed E-state index contributed by atoms with van der Waals surface area (Å²) in [5.74, 6) is -2.44. The van der Waals surface area contributed by atoms with E-state index in [2.05, 4.69) is 18.0 Å². The third-order valence-electron chi connectivity index (χ3n) is 0.667. The molecule has 0 aliphatic carbocycles. The molecule has 0 aliphatic heterocycles. The molecule has 0 aromatic heterocycles. The van der Waals surface area contributed by atoms with Crippen LogP contribution in [0.4, 0.5) is 4.79 Å². The molecule has 0 bridgehead atoms. The molecule has 7 heteroatoms. The predicted octanol–water partition coefficient (Wildman–Crippen LogP) is -0.874. The highest BCUT2D eigenvalue weighted by Crippen LogP contribution is 1.95. The first-order valence-corrected chi connectivity index (χ1v) is 2.95. The number of amides is 2. The highest BCUT2D eigenvalue weighted by Gasteiger charge is 2.07. The minimum atomic E-state index is -1.27. The number of carboxylic acids is 2. The molecule has 0 spiro atoms. The molecule has 0 saturated carbocycles. The number of hydrogen-bond donors (Lipinski definition) is 4. The van der Waals surface area contributed by atoms with Crippen LogP contribution in [0, 0.1) is 0 Å². The van der Waals surface area contributed by atoms with Crippen molar-refractivity contribution in [2.45, 2.75) is 6.42 Å². The number of carbonyl (C=O) groups is 3. The van der Waals surface area contributed by atoms with Crippen molar-refractivity contribution in [1.82, 2.24) is 0 Å². The Morgan fingerprint density at radius 3 is 1.54 bits per heavy atom. The van der Waals surface area contributed by atoms with Crippen molar-refractivity contribution in [3.8, 4) is 0 Å². The minimum Gasteiger partial charge on any atom is -0.481 e. The Morgan fingerprint density at radius 2 is 1.46 bits per heavy atom. The molecule has 0 atom stereocenters. The van der Waals surface area contributed by atoms with E-state index in [4.69, 9.17) is 15.0 Å². The molecule has 0 unspecified atom stereocenters. The minimum absolute atomic E-state index is 0.303. The van der Waals surface area contributed by atoms with E-state index in [1.807, 2.05) is 0 Å². The van der Waals surface area contributed by atoms with Crippen LogP contribution < -0.4 is 11.5 Å². The second-order valence-electron chi connectivity index (χ2n) is 1.88. The van der Waals surface area contributed by atoms with Gasteiger partial charge in [0.25, 0.3) is 0 Å². The fourth-order valence-corrected chi connectivity index (χ4v) is 0.258. The van der Waals surface area contributed by atoms with Gasteiger partial charge in [-0.1, -0.05) is 6.58 Å². The number of carboxylic acid groups (broad SMARTS) is 2. The van der Waals surface area contributed by atoms with Crippen molar-refractivity contribution in [2.24, 2.45) is 11.5 Å². The highest BCUT2D eigenvalue weighted by molar-refractivity contribution is 5.91. The molecule has 0 radical (unpaired) electrons. The number of primary amides is 2. The molecular weight excluding hydrogens is 180 g/mol. The summed E-state index contributed by atoms with van der Waals surface area (Å²) in [6.45, 7) is 3.01. The number of rotatable bonds is 3. The van der Waals surface area contributed by atoms with Gasteiger partial charge < -0.3 is 21.7 Å². The van der Waals surface area contributed by atoms with Crippen molar-refractivity contribution in [3.05, 3.63) is 12.2 Å². The summed E-state index contributed by atoms with van der Waals surface area (Å²) in [7, 11) is 0. The zero-order chi connectivity index (χ0) is 11.0. The van der Waals surface area contributed by atoms with E-state index in [-0.39, 0.29) is 5.57 Å². The van der Waals surface area contributed by atoms with E-state index in [9.17, 15) is 9.59 Å². The molecule has 7 nitrogen and oxygen atoms in total. The number of aliphatic carboxylic acids is 2. The molecule has 0 aromatic carbocycles.